The van der Waals surface area contributed by atoms with Gasteiger partial charge in [0.1, 0.15) is 0 Å². The molecule has 1 aromatic heterocycles. The number of aryl methyl sites for hydroxylation is 1. The minimum Gasteiger partial charge on any atom is -0.369 e. The van der Waals surface area contributed by atoms with Gasteiger partial charge in [-0.2, -0.15) is 0 Å². The molecule has 0 radical (unpaired) electrons. The van der Waals surface area contributed by atoms with Crippen molar-refractivity contribution in [3.63, 3.8) is 0 Å². The van der Waals surface area contributed by atoms with Crippen LogP contribution in [0.1, 0.15) is 53.1 Å². The zero-order valence-corrected chi connectivity index (χ0v) is 13.8. The van der Waals surface area contributed by atoms with Gasteiger partial charge in [-0.05, 0) is 74.8 Å². The van der Waals surface area contributed by atoms with Crippen LogP contribution in [0.2, 0.25) is 0 Å². The van der Waals surface area contributed by atoms with E-state index in [2.05, 4.69) is 0 Å². The van der Waals surface area contributed by atoms with Crippen molar-refractivity contribution in [1.82, 2.24) is 0 Å². The average Bonchev–Trinajstić information content (AvgIpc) is 2.88. The summed E-state index contributed by atoms with van der Waals surface area (Å²) < 4.78 is 0. The summed E-state index contributed by atoms with van der Waals surface area (Å²) in [4.78, 5) is 26.6. The molecule has 2 N–H and O–H groups in total. The van der Waals surface area contributed by atoms with Crippen molar-refractivity contribution in [2.45, 2.75) is 45.4 Å². The molecule has 4 fully saturated rings. The Morgan fingerprint density at radius 1 is 1.23 bits per heavy atom. The number of hydrogen-bond donors (Lipinski definition) is 1. The predicted octanol–water partition coefficient (Wildman–Crippen LogP) is 3.56. The molecule has 1 aromatic rings. The lowest BCUT2D eigenvalue weighted by Gasteiger charge is -2.59. The molecular formula is C18H23NO2S. The molecule has 2 unspecified atom stereocenters. The topological polar surface area (TPSA) is 60.2 Å². The van der Waals surface area contributed by atoms with Crippen molar-refractivity contribution in [1.29, 1.82) is 0 Å². The van der Waals surface area contributed by atoms with Crippen LogP contribution in [-0.2, 0) is 4.79 Å². The number of carbonyl (C=O) groups excluding carboxylic acids is 2. The number of primary amides is 1. The van der Waals surface area contributed by atoms with Crippen LogP contribution in [0, 0.1) is 36.0 Å². The molecule has 0 aliphatic heterocycles. The first-order chi connectivity index (χ1) is 10.5. The minimum absolute atomic E-state index is 0.0921. The number of nitrogens with two attached hydrogens (primary N) is 1. The zero-order chi connectivity index (χ0) is 15.5. The van der Waals surface area contributed by atoms with E-state index in [0.717, 1.165) is 24.1 Å². The zero-order valence-electron chi connectivity index (χ0n) is 13.0. The summed E-state index contributed by atoms with van der Waals surface area (Å²) in [6.07, 6.45) is 5.92. The van der Waals surface area contributed by atoms with Crippen LogP contribution in [0.3, 0.4) is 0 Å². The van der Waals surface area contributed by atoms with Crippen molar-refractivity contribution in [2.24, 2.45) is 34.8 Å². The lowest BCUT2D eigenvalue weighted by molar-refractivity contribution is -0.149. The van der Waals surface area contributed by atoms with Gasteiger partial charge in [-0.25, -0.2) is 0 Å². The van der Waals surface area contributed by atoms with Crippen LogP contribution >= 0.6 is 11.3 Å². The first-order valence-electron chi connectivity index (χ1n) is 8.36. The number of ketones is 1. The van der Waals surface area contributed by atoms with Crippen LogP contribution in [0.4, 0.5) is 0 Å². The van der Waals surface area contributed by atoms with Crippen LogP contribution in [0.15, 0.2) is 12.1 Å². The number of rotatable bonds is 4. The molecule has 4 aliphatic rings. The Labute approximate surface area is 135 Å². The van der Waals surface area contributed by atoms with Crippen molar-refractivity contribution in [3.8, 4) is 0 Å². The first-order valence-corrected chi connectivity index (χ1v) is 9.18. The summed E-state index contributed by atoms with van der Waals surface area (Å²) in [5.41, 5.74) is 5.49. The van der Waals surface area contributed by atoms with Gasteiger partial charge in [0, 0.05) is 16.7 Å². The molecule has 2 atom stereocenters. The van der Waals surface area contributed by atoms with E-state index in [4.69, 9.17) is 5.73 Å². The second-order valence-corrected chi connectivity index (χ2v) is 9.10. The highest BCUT2D eigenvalue weighted by Gasteiger charge is 2.57. The largest absolute Gasteiger partial charge is 0.369 e. The fraction of sp³-hybridized carbons (Fsp3) is 0.667. The minimum atomic E-state index is -0.241. The van der Waals surface area contributed by atoms with E-state index >= 15 is 0 Å². The average molecular weight is 317 g/mol. The van der Waals surface area contributed by atoms with E-state index in [1.165, 1.54) is 17.7 Å². The van der Waals surface area contributed by atoms with E-state index in [1.54, 1.807) is 11.3 Å². The highest BCUT2D eigenvalue weighted by molar-refractivity contribution is 7.14. The van der Waals surface area contributed by atoms with Crippen LogP contribution in [0.25, 0.3) is 0 Å². The van der Waals surface area contributed by atoms with Crippen LogP contribution < -0.4 is 5.73 Å². The second-order valence-electron chi connectivity index (χ2n) is 7.82. The van der Waals surface area contributed by atoms with Gasteiger partial charge in [-0.15, -0.1) is 11.3 Å². The monoisotopic (exact) mass is 317 g/mol. The van der Waals surface area contributed by atoms with Gasteiger partial charge in [0.05, 0.1) is 4.88 Å². The van der Waals surface area contributed by atoms with E-state index in [9.17, 15) is 9.59 Å². The summed E-state index contributed by atoms with van der Waals surface area (Å²) in [5.74, 6) is 2.40. The Kier molecular flexibility index (Phi) is 3.23. The summed E-state index contributed by atoms with van der Waals surface area (Å²) in [6.45, 7) is 2.04. The maximum Gasteiger partial charge on any atom is 0.223 e. The maximum absolute atomic E-state index is 12.6. The SMILES string of the molecule is Cc1ccc(C(=O)CC2C3CC4CC2CC(C(N)=O)(C4)C3)s1. The first kappa shape index (κ1) is 14.4. The van der Waals surface area contributed by atoms with Gasteiger partial charge in [-0.3, -0.25) is 9.59 Å². The Morgan fingerprint density at radius 2 is 1.91 bits per heavy atom. The highest BCUT2D eigenvalue weighted by Crippen LogP contribution is 2.62. The quantitative estimate of drug-likeness (QED) is 0.863. The summed E-state index contributed by atoms with van der Waals surface area (Å²) in [6, 6.07) is 3.99. The number of carbonyl (C=O) groups is 2. The fourth-order valence-electron chi connectivity index (χ4n) is 5.66. The molecular weight excluding hydrogens is 294 g/mol. The third kappa shape index (κ3) is 2.15. The third-order valence-corrected chi connectivity index (χ3v) is 7.47. The summed E-state index contributed by atoms with van der Waals surface area (Å²) >= 11 is 1.60. The van der Waals surface area contributed by atoms with E-state index in [1.807, 2.05) is 19.1 Å². The Balaban J connectivity index is 1.53. The van der Waals surface area contributed by atoms with Crippen molar-refractivity contribution >= 4 is 23.0 Å². The number of thiophene rings is 1. The molecule has 0 saturated heterocycles. The van der Waals surface area contributed by atoms with Gasteiger partial charge < -0.3 is 5.73 Å². The second kappa shape index (κ2) is 4.92. The van der Waals surface area contributed by atoms with Gasteiger partial charge in [0.25, 0.3) is 0 Å². The number of amides is 1. The Morgan fingerprint density at radius 3 is 2.45 bits per heavy atom. The molecule has 0 spiro atoms. The molecule has 0 aromatic carbocycles. The summed E-state index contributed by atoms with van der Waals surface area (Å²) in [7, 11) is 0. The lowest BCUT2D eigenvalue weighted by Crippen LogP contribution is -2.56. The van der Waals surface area contributed by atoms with Gasteiger partial charge in [0.2, 0.25) is 5.91 Å². The highest BCUT2D eigenvalue weighted by atomic mass is 32.1. The molecule has 1 heterocycles. The predicted molar refractivity (Wildman–Crippen MR) is 86.7 cm³/mol. The Hall–Kier alpha value is -1.16. The molecule has 22 heavy (non-hydrogen) atoms. The van der Waals surface area contributed by atoms with Gasteiger partial charge in [-0.1, -0.05) is 0 Å². The van der Waals surface area contributed by atoms with Gasteiger partial charge in [0.15, 0.2) is 5.78 Å². The molecule has 4 saturated carbocycles. The van der Waals surface area contributed by atoms with E-state index in [-0.39, 0.29) is 11.3 Å². The molecule has 4 aliphatic carbocycles. The van der Waals surface area contributed by atoms with Crippen molar-refractivity contribution in [3.05, 3.63) is 21.9 Å². The number of Topliss-reactive ketones (excluding diaryl/α,β-unsaturated/α-hetero) is 1. The normalized spacial score (nSPS) is 39.1. The standard InChI is InChI=1S/C18H23NO2S/c1-10-2-3-16(22-10)15(20)6-14-12-4-11-5-13(14)9-18(7-11,8-12)17(19)21/h2-3,11-14H,4-9H2,1H3,(H2,19,21). The third-order valence-electron chi connectivity index (χ3n) is 6.43. The Bertz CT molecular complexity index is 619. The van der Waals surface area contributed by atoms with Crippen molar-refractivity contribution in [2.75, 3.05) is 0 Å². The van der Waals surface area contributed by atoms with Crippen molar-refractivity contribution < 1.29 is 9.59 Å². The van der Waals surface area contributed by atoms with Crippen LogP contribution in [0.5, 0.6) is 0 Å². The smallest absolute Gasteiger partial charge is 0.223 e. The molecule has 4 heteroatoms. The summed E-state index contributed by atoms with van der Waals surface area (Å²) in [5, 5.41) is 0. The van der Waals surface area contributed by atoms with Gasteiger partial charge >= 0.3 is 0 Å². The maximum atomic E-state index is 12.6. The molecule has 118 valence electrons. The lowest BCUT2D eigenvalue weighted by atomic mass is 9.45. The molecule has 1 amide bonds. The van der Waals surface area contributed by atoms with E-state index in [0.29, 0.717) is 35.9 Å². The number of hydrogen-bond acceptors (Lipinski definition) is 3. The van der Waals surface area contributed by atoms with E-state index < -0.39 is 0 Å². The van der Waals surface area contributed by atoms with Crippen LogP contribution in [-0.4, -0.2) is 11.7 Å². The molecule has 3 nitrogen and oxygen atoms in total. The molecule has 4 bridgehead atoms. The fourth-order valence-corrected chi connectivity index (χ4v) is 6.48. The molecule has 5 rings (SSSR count).